The summed E-state index contributed by atoms with van der Waals surface area (Å²) < 4.78 is 33.0. The van der Waals surface area contributed by atoms with Crippen molar-refractivity contribution in [2.45, 2.75) is 57.8 Å². The summed E-state index contributed by atoms with van der Waals surface area (Å²) in [6.45, 7) is 8.71. The Hall–Kier alpha value is -7.74. The molecule has 5 aromatic rings. The van der Waals surface area contributed by atoms with Gasteiger partial charge in [0.25, 0.3) is 0 Å². The maximum absolute atomic E-state index is 13.7. The first-order chi connectivity index (χ1) is 33.0. The highest BCUT2D eigenvalue weighted by atomic mass is 16.7. The van der Waals surface area contributed by atoms with E-state index in [0.717, 1.165) is 86.0 Å². The van der Waals surface area contributed by atoms with Crippen LogP contribution in [0.15, 0.2) is 145 Å². The molecule has 0 saturated carbocycles. The van der Waals surface area contributed by atoms with Gasteiger partial charge in [-0.25, -0.2) is 19.2 Å². The quantitative estimate of drug-likeness (QED) is 0.0126. The third-order valence-electron chi connectivity index (χ3n) is 10.5. The fourth-order valence-electron chi connectivity index (χ4n) is 6.94. The van der Waals surface area contributed by atoms with Gasteiger partial charge in [-0.3, -0.25) is 0 Å². The average Bonchev–Trinajstić information content (AvgIpc) is 3.35. The Bertz CT molecular complexity index is 2450. The standard InChI is InChI=1S/C54H59N3O11/c1-5-50(58)66-34-13-9-7-11-32-63-46-25-15-39(16-26-46)42-37-41(31-36-65-48-29-21-44(22-30-48)56-55-43-19-23-45(24-20-43)57(3)4)52(49(38-42)53(60)68-54(61)62)40-17-27-47(28-18-40)64-33-12-8-10-14-35-67-51(59)6-2/h5-6,15-30,37-38H,1-2,7-14,31-36H2,3-4H3,(H,61,62). The first kappa shape index (κ1) is 51.2. The smallest absolute Gasteiger partial charge is 0.494 e. The zero-order valence-electron chi connectivity index (χ0n) is 38.7. The van der Waals surface area contributed by atoms with E-state index < -0.39 is 24.1 Å². The van der Waals surface area contributed by atoms with Gasteiger partial charge < -0.3 is 38.4 Å². The van der Waals surface area contributed by atoms with E-state index in [1.54, 1.807) is 6.07 Å². The van der Waals surface area contributed by atoms with E-state index in [2.05, 4.69) is 23.4 Å². The number of unbranched alkanes of at least 4 members (excludes halogenated alkanes) is 6. The molecule has 0 fully saturated rings. The van der Waals surface area contributed by atoms with Gasteiger partial charge in [0, 0.05) is 38.4 Å². The van der Waals surface area contributed by atoms with Crippen molar-refractivity contribution in [3.63, 3.8) is 0 Å². The highest BCUT2D eigenvalue weighted by Gasteiger charge is 2.23. The zero-order chi connectivity index (χ0) is 48.5. The molecule has 0 heterocycles. The van der Waals surface area contributed by atoms with Gasteiger partial charge in [0.15, 0.2) is 0 Å². The van der Waals surface area contributed by atoms with Crippen molar-refractivity contribution in [2.24, 2.45) is 10.2 Å². The number of hydrogen-bond acceptors (Lipinski definition) is 13. The van der Waals surface area contributed by atoms with E-state index in [1.807, 2.05) is 122 Å². The van der Waals surface area contributed by atoms with Crippen LogP contribution in [0.3, 0.4) is 0 Å². The van der Waals surface area contributed by atoms with Crippen LogP contribution in [-0.4, -0.2) is 76.3 Å². The summed E-state index contributed by atoms with van der Waals surface area (Å²) in [4.78, 5) is 49.9. The number of azo groups is 1. The minimum Gasteiger partial charge on any atom is -0.494 e. The van der Waals surface area contributed by atoms with Crippen molar-refractivity contribution in [1.29, 1.82) is 0 Å². The number of hydrogen-bond donors (Lipinski definition) is 1. The highest BCUT2D eigenvalue weighted by molar-refractivity contribution is 6.03. The summed E-state index contributed by atoms with van der Waals surface area (Å²) in [5.41, 5.74) is 5.81. The number of carbonyl (C=O) groups is 4. The maximum atomic E-state index is 13.7. The molecule has 5 rings (SSSR count). The predicted octanol–water partition coefficient (Wildman–Crippen LogP) is 12.3. The number of ether oxygens (including phenoxy) is 6. The van der Waals surface area contributed by atoms with Gasteiger partial charge in [0.1, 0.15) is 17.2 Å². The molecule has 0 amide bonds. The summed E-state index contributed by atoms with van der Waals surface area (Å²) in [5.74, 6) is 0.0316. The van der Waals surface area contributed by atoms with Crippen molar-refractivity contribution < 1.29 is 52.7 Å². The Morgan fingerprint density at radius 1 is 0.544 bits per heavy atom. The SMILES string of the molecule is C=CC(=O)OCCCCCCOc1ccc(-c2cc(CCOc3ccc(N=Nc4ccc(N(C)C)cc4)cc3)c(-c3ccc(OCCCCCCOC(=O)C=C)cc3)c(C(=O)OC(=O)O)c2)cc1. The normalized spacial score (nSPS) is 10.8. The van der Waals surface area contributed by atoms with Gasteiger partial charge in [-0.1, -0.05) is 43.5 Å². The maximum Gasteiger partial charge on any atom is 0.513 e. The van der Waals surface area contributed by atoms with Crippen molar-refractivity contribution >= 4 is 41.1 Å². The van der Waals surface area contributed by atoms with Gasteiger partial charge in [0.05, 0.1) is 50.0 Å². The lowest BCUT2D eigenvalue weighted by molar-refractivity contribution is -0.138. The Labute approximate surface area is 397 Å². The molecular formula is C54H59N3O11. The van der Waals surface area contributed by atoms with E-state index in [0.29, 0.717) is 72.5 Å². The third-order valence-corrected chi connectivity index (χ3v) is 10.5. The molecule has 5 aromatic carbocycles. The number of benzene rings is 5. The predicted molar refractivity (Wildman–Crippen MR) is 262 cm³/mol. The number of carboxylic acid groups (broad SMARTS) is 1. The van der Waals surface area contributed by atoms with Gasteiger partial charge in [-0.05, 0) is 158 Å². The van der Waals surface area contributed by atoms with Crippen LogP contribution in [0, 0.1) is 0 Å². The van der Waals surface area contributed by atoms with E-state index in [4.69, 9.17) is 28.4 Å². The molecule has 68 heavy (non-hydrogen) atoms. The van der Waals surface area contributed by atoms with Crippen LogP contribution in [0.2, 0.25) is 0 Å². The summed E-state index contributed by atoms with van der Waals surface area (Å²) in [6.07, 6.45) is 7.65. The summed E-state index contributed by atoms with van der Waals surface area (Å²) >= 11 is 0. The van der Waals surface area contributed by atoms with E-state index >= 15 is 0 Å². The molecule has 0 radical (unpaired) electrons. The van der Waals surface area contributed by atoms with Gasteiger partial charge in [-0.15, -0.1) is 0 Å². The number of anilines is 1. The summed E-state index contributed by atoms with van der Waals surface area (Å²) in [7, 11) is 3.95. The fourth-order valence-corrected chi connectivity index (χ4v) is 6.94. The molecule has 0 aromatic heterocycles. The number of rotatable bonds is 28. The largest absolute Gasteiger partial charge is 0.513 e. The molecule has 1 N–H and O–H groups in total. The molecule has 14 nitrogen and oxygen atoms in total. The van der Waals surface area contributed by atoms with E-state index in [9.17, 15) is 24.3 Å². The molecule has 0 bridgehead atoms. The van der Waals surface area contributed by atoms with E-state index in [-0.39, 0.29) is 12.2 Å². The molecule has 0 aliphatic rings. The molecule has 356 valence electrons. The van der Waals surface area contributed by atoms with E-state index in [1.165, 1.54) is 0 Å². The van der Waals surface area contributed by atoms with Gasteiger partial charge in [-0.2, -0.15) is 10.2 Å². The van der Waals surface area contributed by atoms with Crippen molar-refractivity contribution in [3.8, 4) is 39.5 Å². The summed E-state index contributed by atoms with van der Waals surface area (Å²) in [6, 6.07) is 33.3. The molecule has 0 unspecified atom stereocenters. The van der Waals surface area contributed by atoms with Crippen LogP contribution in [0.5, 0.6) is 17.2 Å². The Morgan fingerprint density at radius 3 is 1.46 bits per heavy atom. The van der Waals surface area contributed by atoms with Crippen molar-refractivity contribution in [3.05, 3.63) is 146 Å². The minimum atomic E-state index is -1.72. The second-order valence-corrected chi connectivity index (χ2v) is 15.7. The van der Waals surface area contributed by atoms with Gasteiger partial charge >= 0.3 is 24.1 Å². The third kappa shape index (κ3) is 17.2. The lowest BCUT2D eigenvalue weighted by Gasteiger charge is -2.18. The number of carbonyl (C=O) groups excluding carboxylic acids is 3. The number of nitrogens with zero attached hydrogens (tertiary/aromatic N) is 3. The van der Waals surface area contributed by atoms with Crippen LogP contribution in [0.25, 0.3) is 22.3 Å². The second kappa shape index (κ2) is 27.7. The number of esters is 3. The average molecular weight is 926 g/mol. The van der Waals surface area contributed by atoms with Crippen LogP contribution >= 0.6 is 0 Å². The molecule has 0 saturated heterocycles. The molecule has 0 atom stereocenters. The van der Waals surface area contributed by atoms with Crippen LogP contribution in [-0.2, 0) is 30.2 Å². The first-order valence-electron chi connectivity index (χ1n) is 22.6. The lowest BCUT2D eigenvalue weighted by atomic mass is 9.89. The monoisotopic (exact) mass is 925 g/mol. The minimum absolute atomic E-state index is 0.0676. The Morgan fingerprint density at radius 2 is 0.985 bits per heavy atom. The highest BCUT2D eigenvalue weighted by Crippen LogP contribution is 2.36. The Balaban J connectivity index is 1.32. The second-order valence-electron chi connectivity index (χ2n) is 15.7. The molecule has 0 aliphatic heterocycles. The first-order valence-corrected chi connectivity index (χ1v) is 22.6. The molecule has 0 spiro atoms. The molecular weight excluding hydrogens is 867 g/mol. The summed E-state index contributed by atoms with van der Waals surface area (Å²) in [5, 5.41) is 18.3. The molecule has 14 heteroatoms. The van der Waals surface area contributed by atoms with Crippen LogP contribution in [0.1, 0.15) is 67.3 Å². The van der Waals surface area contributed by atoms with Gasteiger partial charge in [0.2, 0.25) is 0 Å². The molecule has 0 aliphatic carbocycles. The fraction of sp³-hybridized carbons (Fsp3) is 0.296. The topological polar surface area (TPSA) is 172 Å². The van der Waals surface area contributed by atoms with Crippen LogP contribution in [0.4, 0.5) is 21.9 Å². The van der Waals surface area contributed by atoms with Crippen LogP contribution < -0.4 is 19.1 Å². The lowest BCUT2D eigenvalue weighted by Crippen LogP contribution is -2.13. The van der Waals surface area contributed by atoms with Crippen molar-refractivity contribution in [2.75, 3.05) is 52.0 Å². The Kier molecular flexibility index (Phi) is 20.9. The zero-order valence-corrected chi connectivity index (χ0v) is 38.7. The van der Waals surface area contributed by atoms with Crippen molar-refractivity contribution in [1.82, 2.24) is 0 Å².